The molecule has 0 saturated heterocycles. The predicted molar refractivity (Wildman–Crippen MR) is 101 cm³/mol. The maximum atomic E-state index is 12.6. The van der Waals surface area contributed by atoms with E-state index in [1.54, 1.807) is 0 Å². The van der Waals surface area contributed by atoms with Crippen molar-refractivity contribution < 1.29 is 18.0 Å². The Kier molecular flexibility index (Phi) is 5.58. The van der Waals surface area contributed by atoms with Crippen LogP contribution in [0.3, 0.4) is 0 Å². The van der Waals surface area contributed by atoms with E-state index in [2.05, 4.69) is 15.3 Å². The molecule has 0 aliphatic rings. The molecule has 0 aliphatic carbocycles. The Labute approximate surface area is 159 Å². The van der Waals surface area contributed by atoms with Crippen molar-refractivity contribution >= 4 is 23.1 Å². The van der Waals surface area contributed by atoms with Crippen LogP contribution in [-0.4, -0.2) is 22.4 Å². The lowest BCUT2D eigenvalue weighted by atomic mass is 10.2. The molecular weight excluding hydrogens is 369 g/mol. The van der Waals surface area contributed by atoms with E-state index < -0.39 is 17.6 Å². The van der Waals surface area contributed by atoms with Gasteiger partial charge in [0, 0.05) is 24.0 Å². The molecule has 0 bridgehead atoms. The fourth-order valence-corrected chi connectivity index (χ4v) is 2.64. The van der Waals surface area contributed by atoms with E-state index in [-0.39, 0.29) is 11.4 Å². The van der Waals surface area contributed by atoms with Gasteiger partial charge in [0.2, 0.25) is 0 Å². The number of hydrogen-bond acceptors (Lipinski definition) is 4. The molecule has 0 radical (unpaired) electrons. The normalized spacial score (nSPS) is 11.1. The van der Waals surface area contributed by atoms with Crippen LogP contribution < -0.4 is 10.2 Å². The summed E-state index contributed by atoms with van der Waals surface area (Å²) in [5.41, 5.74) is 0.488. The fourth-order valence-electron chi connectivity index (χ4n) is 2.64. The number of hydrogen-bond donors (Lipinski definition) is 1. The second-order valence-electron chi connectivity index (χ2n) is 5.87. The highest BCUT2D eigenvalue weighted by Crippen LogP contribution is 2.30. The molecular formula is C20H17F3N4O. The summed E-state index contributed by atoms with van der Waals surface area (Å²) in [6.07, 6.45) is -3.15. The van der Waals surface area contributed by atoms with Crippen LogP contribution in [0.1, 0.15) is 23.0 Å². The van der Waals surface area contributed by atoms with Gasteiger partial charge >= 0.3 is 6.18 Å². The Morgan fingerprint density at radius 2 is 1.71 bits per heavy atom. The Balaban J connectivity index is 1.79. The number of carbonyl (C=O) groups excluding carboxylic acids is 1. The van der Waals surface area contributed by atoms with Gasteiger partial charge < -0.3 is 10.2 Å². The van der Waals surface area contributed by atoms with E-state index in [0.717, 1.165) is 17.8 Å². The van der Waals surface area contributed by atoms with Crippen molar-refractivity contribution in [1.82, 2.24) is 9.97 Å². The lowest BCUT2D eigenvalue weighted by Crippen LogP contribution is -2.20. The molecule has 144 valence electrons. The number of aromatic nitrogens is 2. The van der Waals surface area contributed by atoms with Gasteiger partial charge in [0.05, 0.1) is 5.56 Å². The van der Waals surface area contributed by atoms with Crippen LogP contribution in [0.25, 0.3) is 0 Å². The number of amides is 1. The number of alkyl halides is 3. The minimum absolute atomic E-state index is 0.110. The van der Waals surface area contributed by atoms with Gasteiger partial charge in [0.15, 0.2) is 0 Å². The predicted octanol–water partition coefficient (Wildman–Crippen LogP) is 4.91. The van der Waals surface area contributed by atoms with Gasteiger partial charge in [-0.05, 0) is 43.3 Å². The van der Waals surface area contributed by atoms with Crippen molar-refractivity contribution in [3.05, 3.63) is 78.2 Å². The highest BCUT2D eigenvalue weighted by atomic mass is 19.4. The molecule has 1 aromatic heterocycles. The summed E-state index contributed by atoms with van der Waals surface area (Å²) in [5.74, 6) is 0.00814. The summed E-state index contributed by atoms with van der Waals surface area (Å²) in [6.45, 7) is 2.58. The lowest BCUT2D eigenvalue weighted by molar-refractivity contribution is -0.137. The van der Waals surface area contributed by atoms with Gasteiger partial charge in [-0.25, -0.2) is 9.97 Å². The van der Waals surface area contributed by atoms with Crippen LogP contribution in [-0.2, 0) is 6.18 Å². The van der Waals surface area contributed by atoms with Crippen molar-refractivity contribution in [2.75, 3.05) is 16.8 Å². The van der Waals surface area contributed by atoms with E-state index >= 15 is 0 Å². The van der Waals surface area contributed by atoms with Crippen molar-refractivity contribution in [3.63, 3.8) is 0 Å². The van der Waals surface area contributed by atoms with Crippen LogP contribution in [0.4, 0.5) is 30.4 Å². The third-order valence-corrected chi connectivity index (χ3v) is 4.02. The first kappa shape index (κ1) is 19.3. The number of carbonyl (C=O) groups is 1. The average molecular weight is 386 g/mol. The van der Waals surface area contributed by atoms with Crippen LogP contribution in [0.5, 0.6) is 0 Å². The third-order valence-electron chi connectivity index (χ3n) is 4.02. The zero-order valence-corrected chi connectivity index (χ0v) is 14.9. The number of para-hydroxylation sites is 1. The zero-order chi connectivity index (χ0) is 20.1. The standard InChI is InChI=1S/C20H17F3N4O/c1-2-27(16-6-4-3-5-7-16)18-12-17(24-13-25-18)19(28)26-15-10-8-14(9-11-15)20(21,22)23/h3-13H,2H2,1H3,(H,26,28). The summed E-state index contributed by atoms with van der Waals surface area (Å²) in [4.78, 5) is 22.6. The summed E-state index contributed by atoms with van der Waals surface area (Å²) < 4.78 is 37.9. The second-order valence-corrected chi connectivity index (χ2v) is 5.87. The summed E-state index contributed by atoms with van der Waals surface area (Å²) >= 11 is 0. The molecule has 0 atom stereocenters. The molecule has 1 N–H and O–H groups in total. The van der Waals surface area contributed by atoms with Gasteiger partial charge in [-0.15, -0.1) is 0 Å². The van der Waals surface area contributed by atoms with E-state index in [9.17, 15) is 18.0 Å². The van der Waals surface area contributed by atoms with E-state index in [1.807, 2.05) is 42.2 Å². The van der Waals surface area contributed by atoms with Crippen molar-refractivity contribution in [2.24, 2.45) is 0 Å². The van der Waals surface area contributed by atoms with Gasteiger partial charge in [-0.1, -0.05) is 18.2 Å². The minimum Gasteiger partial charge on any atom is -0.327 e. The van der Waals surface area contributed by atoms with E-state index in [4.69, 9.17) is 0 Å². The van der Waals surface area contributed by atoms with Crippen LogP contribution in [0, 0.1) is 0 Å². The fraction of sp³-hybridized carbons (Fsp3) is 0.150. The highest BCUT2D eigenvalue weighted by molar-refractivity contribution is 6.03. The van der Waals surface area contributed by atoms with E-state index in [0.29, 0.717) is 12.4 Å². The Morgan fingerprint density at radius 3 is 2.32 bits per heavy atom. The Morgan fingerprint density at radius 1 is 1.04 bits per heavy atom. The molecule has 0 fully saturated rings. The second kappa shape index (κ2) is 8.08. The Bertz CT molecular complexity index is 944. The molecule has 28 heavy (non-hydrogen) atoms. The number of anilines is 3. The van der Waals surface area contributed by atoms with Gasteiger partial charge in [0.1, 0.15) is 17.8 Å². The maximum absolute atomic E-state index is 12.6. The smallest absolute Gasteiger partial charge is 0.327 e. The summed E-state index contributed by atoms with van der Waals surface area (Å²) in [5, 5.41) is 2.55. The van der Waals surface area contributed by atoms with E-state index in [1.165, 1.54) is 24.5 Å². The average Bonchev–Trinajstić information content (AvgIpc) is 2.69. The maximum Gasteiger partial charge on any atom is 0.416 e. The number of rotatable bonds is 5. The number of benzene rings is 2. The molecule has 0 saturated carbocycles. The van der Waals surface area contributed by atoms with Crippen molar-refractivity contribution in [1.29, 1.82) is 0 Å². The number of halogens is 3. The topological polar surface area (TPSA) is 58.1 Å². The highest BCUT2D eigenvalue weighted by Gasteiger charge is 2.30. The summed E-state index contributed by atoms with van der Waals surface area (Å²) in [7, 11) is 0. The molecule has 1 heterocycles. The van der Waals surface area contributed by atoms with Gasteiger partial charge in [-0.3, -0.25) is 4.79 Å². The lowest BCUT2D eigenvalue weighted by Gasteiger charge is -2.22. The zero-order valence-electron chi connectivity index (χ0n) is 14.9. The van der Waals surface area contributed by atoms with Crippen LogP contribution in [0.2, 0.25) is 0 Å². The Hall–Kier alpha value is -3.42. The van der Waals surface area contributed by atoms with Crippen molar-refractivity contribution in [3.8, 4) is 0 Å². The molecule has 1 amide bonds. The first-order chi connectivity index (χ1) is 13.4. The molecule has 0 aliphatic heterocycles. The molecule has 2 aromatic carbocycles. The largest absolute Gasteiger partial charge is 0.416 e. The molecule has 3 rings (SSSR count). The number of nitrogens with zero attached hydrogens (tertiary/aromatic N) is 3. The molecule has 5 nitrogen and oxygen atoms in total. The molecule has 3 aromatic rings. The SMILES string of the molecule is CCN(c1ccccc1)c1cc(C(=O)Nc2ccc(C(F)(F)F)cc2)ncn1. The number of nitrogens with one attached hydrogen (secondary N) is 1. The van der Waals surface area contributed by atoms with Crippen molar-refractivity contribution in [2.45, 2.75) is 13.1 Å². The monoisotopic (exact) mass is 386 g/mol. The third kappa shape index (κ3) is 4.46. The van der Waals surface area contributed by atoms with Gasteiger partial charge in [-0.2, -0.15) is 13.2 Å². The first-order valence-electron chi connectivity index (χ1n) is 8.51. The van der Waals surface area contributed by atoms with Crippen LogP contribution in [0.15, 0.2) is 67.0 Å². The molecule has 0 spiro atoms. The summed E-state index contributed by atoms with van der Waals surface area (Å²) in [6, 6.07) is 15.3. The molecule has 8 heteroatoms. The molecule has 0 unspecified atom stereocenters. The first-order valence-corrected chi connectivity index (χ1v) is 8.51. The van der Waals surface area contributed by atoms with Crippen LogP contribution >= 0.6 is 0 Å². The van der Waals surface area contributed by atoms with Gasteiger partial charge in [0.25, 0.3) is 5.91 Å². The minimum atomic E-state index is -4.43. The quantitative estimate of drug-likeness (QED) is 0.677.